The predicted molar refractivity (Wildman–Crippen MR) is 76.1 cm³/mol. The van der Waals surface area contributed by atoms with Crippen LogP contribution in [0.1, 0.15) is 12.2 Å². The minimum atomic E-state index is 0.564. The van der Waals surface area contributed by atoms with Crippen LogP contribution in [0.25, 0.3) is 11.2 Å². The van der Waals surface area contributed by atoms with Gasteiger partial charge in [-0.05, 0) is 28.4 Å². The summed E-state index contributed by atoms with van der Waals surface area (Å²) in [4.78, 5) is 9.02. The molecule has 2 aromatic rings. The molecule has 2 aromatic heterocycles. The van der Waals surface area contributed by atoms with E-state index in [4.69, 9.17) is 16.3 Å². The fourth-order valence-electron chi connectivity index (χ4n) is 1.91. The second-order valence-corrected chi connectivity index (χ2v) is 5.25. The van der Waals surface area contributed by atoms with E-state index < -0.39 is 0 Å². The number of aryl methyl sites for hydroxylation is 2. The molecule has 98 valence electrons. The first kappa shape index (κ1) is 13.8. The molecule has 0 aromatic carbocycles. The Morgan fingerprint density at radius 2 is 2.33 bits per heavy atom. The van der Waals surface area contributed by atoms with Crippen LogP contribution in [-0.4, -0.2) is 34.1 Å². The van der Waals surface area contributed by atoms with E-state index in [9.17, 15) is 0 Å². The standard InChI is InChI=1S/C12H15BrClN3O/c1-18-6-2-5-17-11(3-4-14)16-10-7-9(13)8-15-12(10)17/h7-8H,2-6H2,1H3. The normalized spacial score (nSPS) is 11.3. The zero-order valence-electron chi connectivity index (χ0n) is 10.2. The van der Waals surface area contributed by atoms with E-state index in [0.717, 1.165) is 47.5 Å². The fraction of sp³-hybridized carbons (Fsp3) is 0.500. The number of hydrogen-bond acceptors (Lipinski definition) is 3. The Morgan fingerprint density at radius 1 is 1.50 bits per heavy atom. The fourth-order valence-corrected chi connectivity index (χ4v) is 2.40. The maximum Gasteiger partial charge on any atom is 0.160 e. The largest absolute Gasteiger partial charge is 0.385 e. The highest BCUT2D eigenvalue weighted by molar-refractivity contribution is 9.10. The van der Waals surface area contributed by atoms with Gasteiger partial charge in [-0.25, -0.2) is 9.97 Å². The first-order valence-electron chi connectivity index (χ1n) is 5.82. The molecule has 4 nitrogen and oxygen atoms in total. The number of aromatic nitrogens is 3. The maximum absolute atomic E-state index is 5.82. The number of halogens is 2. The quantitative estimate of drug-likeness (QED) is 0.603. The maximum atomic E-state index is 5.82. The molecule has 2 heterocycles. The summed E-state index contributed by atoms with van der Waals surface area (Å²) < 4.78 is 8.15. The molecular formula is C12H15BrClN3O. The minimum Gasteiger partial charge on any atom is -0.385 e. The van der Waals surface area contributed by atoms with Gasteiger partial charge in [-0.15, -0.1) is 11.6 Å². The van der Waals surface area contributed by atoms with Gasteiger partial charge in [0.25, 0.3) is 0 Å². The van der Waals surface area contributed by atoms with Crippen molar-refractivity contribution in [2.45, 2.75) is 19.4 Å². The lowest BCUT2D eigenvalue weighted by atomic mass is 10.4. The molecule has 0 unspecified atom stereocenters. The lowest BCUT2D eigenvalue weighted by Gasteiger charge is -2.07. The van der Waals surface area contributed by atoms with Gasteiger partial charge < -0.3 is 9.30 Å². The number of pyridine rings is 1. The highest BCUT2D eigenvalue weighted by atomic mass is 79.9. The van der Waals surface area contributed by atoms with Gasteiger partial charge in [0.15, 0.2) is 5.65 Å². The highest BCUT2D eigenvalue weighted by Crippen LogP contribution is 2.19. The molecule has 0 fully saturated rings. The summed E-state index contributed by atoms with van der Waals surface area (Å²) >= 11 is 9.23. The van der Waals surface area contributed by atoms with Gasteiger partial charge in [0.2, 0.25) is 0 Å². The molecule has 6 heteroatoms. The smallest absolute Gasteiger partial charge is 0.160 e. The number of alkyl halides is 1. The van der Waals surface area contributed by atoms with Crippen LogP contribution in [0.15, 0.2) is 16.7 Å². The van der Waals surface area contributed by atoms with Gasteiger partial charge in [-0.2, -0.15) is 0 Å². The Labute approximate surface area is 119 Å². The molecule has 18 heavy (non-hydrogen) atoms. The summed E-state index contributed by atoms with van der Waals surface area (Å²) in [5, 5.41) is 0. The summed E-state index contributed by atoms with van der Waals surface area (Å²) in [5.41, 5.74) is 1.82. The van der Waals surface area contributed by atoms with Gasteiger partial charge in [0.05, 0.1) is 0 Å². The summed E-state index contributed by atoms with van der Waals surface area (Å²) in [6.07, 6.45) is 3.48. The molecule has 0 radical (unpaired) electrons. The number of hydrogen-bond donors (Lipinski definition) is 0. The van der Waals surface area contributed by atoms with Crippen molar-refractivity contribution in [3.05, 3.63) is 22.6 Å². The lowest BCUT2D eigenvalue weighted by molar-refractivity contribution is 0.190. The molecule has 0 saturated carbocycles. The predicted octanol–water partition coefficient (Wildman–Crippen LogP) is 3.01. The van der Waals surface area contributed by atoms with Crippen LogP contribution >= 0.6 is 27.5 Å². The van der Waals surface area contributed by atoms with Crippen LogP contribution in [0.3, 0.4) is 0 Å². The molecule has 0 amide bonds. The van der Waals surface area contributed by atoms with Crippen molar-refractivity contribution in [3.63, 3.8) is 0 Å². The van der Waals surface area contributed by atoms with E-state index in [1.807, 2.05) is 6.07 Å². The van der Waals surface area contributed by atoms with E-state index in [-0.39, 0.29) is 0 Å². The zero-order valence-corrected chi connectivity index (χ0v) is 12.5. The topological polar surface area (TPSA) is 39.9 Å². The zero-order chi connectivity index (χ0) is 13.0. The molecule has 0 aliphatic heterocycles. The number of rotatable bonds is 6. The molecule has 0 atom stereocenters. The average Bonchev–Trinajstić information content (AvgIpc) is 2.67. The number of ether oxygens (including phenoxy) is 1. The van der Waals surface area contributed by atoms with Crippen LogP contribution < -0.4 is 0 Å². The SMILES string of the molecule is COCCCn1c(CCCl)nc2cc(Br)cnc21. The molecule has 0 bridgehead atoms. The molecular weight excluding hydrogens is 318 g/mol. The van der Waals surface area contributed by atoms with Crippen LogP contribution in [0.2, 0.25) is 0 Å². The summed E-state index contributed by atoms with van der Waals surface area (Å²) in [6.45, 7) is 1.59. The first-order valence-corrected chi connectivity index (χ1v) is 7.14. The van der Waals surface area contributed by atoms with Crippen LogP contribution in [0.5, 0.6) is 0 Å². The highest BCUT2D eigenvalue weighted by Gasteiger charge is 2.11. The second kappa shape index (κ2) is 6.50. The minimum absolute atomic E-state index is 0.564. The van der Waals surface area contributed by atoms with E-state index >= 15 is 0 Å². The Hall–Kier alpha value is -0.650. The van der Waals surface area contributed by atoms with Crippen molar-refractivity contribution in [3.8, 4) is 0 Å². The molecule has 0 saturated heterocycles. The molecule has 0 aliphatic rings. The second-order valence-electron chi connectivity index (χ2n) is 3.96. The van der Waals surface area contributed by atoms with Gasteiger partial charge in [0.1, 0.15) is 11.3 Å². The Morgan fingerprint density at radius 3 is 3.06 bits per heavy atom. The van der Waals surface area contributed by atoms with E-state index in [0.29, 0.717) is 5.88 Å². The van der Waals surface area contributed by atoms with Crippen molar-refractivity contribution < 1.29 is 4.74 Å². The Kier molecular flexibility index (Phi) is 4.97. The van der Waals surface area contributed by atoms with Crippen molar-refractivity contribution in [1.82, 2.24) is 14.5 Å². The van der Waals surface area contributed by atoms with Gasteiger partial charge in [-0.3, -0.25) is 0 Å². The van der Waals surface area contributed by atoms with Crippen LogP contribution in [-0.2, 0) is 17.7 Å². The van der Waals surface area contributed by atoms with Crippen molar-refractivity contribution in [2.75, 3.05) is 19.6 Å². The van der Waals surface area contributed by atoms with E-state index in [2.05, 4.69) is 30.5 Å². The van der Waals surface area contributed by atoms with Crippen molar-refractivity contribution in [2.24, 2.45) is 0 Å². The monoisotopic (exact) mass is 331 g/mol. The van der Waals surface area contributed by atoms with Crippen molar-refractivity contribution in [1.29, 1.82) is 0 Å². The van der Waals surface area contributed by atoms with Crippen molar-refractivity contribution >= 4 is 38.7 Å². The summed E-state index contributed by atoms with van der Waals surface area (Å²) in [6, 6.07) is 1.98. The Balaban J connectivity index is 2.35. The third-order valence-electron chi connectivity index (χ3n) is 2.68. The third-order valence-corrected chi connectivity index (χ3v) is 3.30. The third kappa shape index (κ3) is 3.02. The average molecular weight is 333 g/mol. The molecule has 0 aliphatic carbocycles. The molecule has 0 spiro atoms. The Bertz CT molecular complexity index is 529. The van der Waals surface area contributed by atoms with E-state index in [1.54, 1.807) is 13.3 Å². The van der Waals surface area contributed by atoms with Gasteiger partial charge in [0, 0.05) is 43.2 Å². The van der Waals surface area contributed by atoms with Gasteiger partial charge in [-0.1, -0.05) is 0 Å². The number of fused-ring (bicyclic) bond motifs is 1. The first-order chi connectivity index (χ1) is 8.76. The summed E-state index contributed by atoms with van der Waals surface area (Å²) in [5.74, 6) is 1.55. The molecule has 0 N–H and O–H groups in total. The van der Waals surface area contributed by atoms with Crippen LogP contribution in [0.4, 0.5) is 0 Å². The van der Waals surface area contributed by atoms with Crippen LogP contribution in [0, 0.1) is 0 Å². The van der Waals surface area contributed by atoms with Gasteiger partial charge >= 0.3 is 0 Å². The van der Waals surface area contributed by atoms with E-state index in [1.165, 1.54) is 0 Å². The summed E-state index contributed by atoms with van der Waals surface area (Å²) in [7, 11) is 1.71. The molecule has 2 rings (SSSR count). The number of imidazole rings is 1. The number of nitrogens with zero attached hydrogens (tertiary/aromatic N) is 3. The lowest BCUT2D eigenvalue weighted by Crippen LogP contribution is -2.07. The number of methoxy groups -OCH3 is 1.